The molecule has 0 fully saturated rings. The van der Waals surface area contributed by atoms with Crippen LogP contribution in [0.5, 0.6) is 0 Å². The highest BCUT2D eigenvalue weighted by Crippen LogP contribution is 2.07. The molecule has 12 heavy (non-hydrogen) atoms. The number of hydrogen-bond donors (Lipinski definition) is 2. The van der Waals surface area contributed by atoms with E-state index in [1.807, 2.05) is 0 Å². The number of hydrogen-bond acceptors (Lipinski definition) is 3. The lowest BCUT2D eigenvalue weighted by atomic mass is 10.5. The highest BCUT2D eigenvalue weighted by Gasteiger charge is 2.03. The molecule has 2 aromatic rings. The van der Waals surface area contributed by atoms with Gasteiger partial charge in [-0.1, -0.05) is 0 Å². The van der Waals surface area contributed by atoms with Gasteiger partial charge < -0.3 is 9.97 Å². The fourth-order valence-corrected chi connectivity index (χ4v) is 0.910. The standard InChI is InChI=1S/C7H6N4O/c12-4-5-3-10-7(11-5)6-8-1-2-9-6/h1-4H,(H,8,9)(H,10,11). The van der Waals surface area contributed by atoms with Crippen LogP contribution in [-0.4, -0.2) is 26.2 Å². The molecular formula is C7H6N4O. The Morgan fingerprint density at radius 3 is 2.83 bits per heavy atom. The summed E-state index contributed by atoms with van der Waals surface area (Å²) < 4.78 is 0. The predicted octanol–water partition coefficient (Wildman–Crippen LogP) is 0.612. The van der Waals surface area contributed by atoms with Gasteiger partial charge in [0.05, 0.1) is 11.9 Å². The number of carbonyl (C=O) groups excluding carboxylic acids is 1. The van der Waals surface area contributed by atoms with Crippen LogP contribution in [-0.2, 0) is 0 Å². The summed E-state index contributed by atoms with van der Waals surface area (Å²) in [7, 11) is 0. The first-order chi connectivity index (χ1) is 5.90. The Kier molecular flexibility index (Phi) is 1.48. The number of carbonyl (C=O) groups is 1. The minimum Gasteiger partial charge on any atom is -0.342 e. The molecular weight excluding hydrogens is 156 g/mol. The number of rotatable bonds is 2. The maximum absolute atomic E-state index is 10.3. The summed E-state index contributed by atoms with van der Waals surface area (Å²) in [6.07, 6.45) is 5.49. The molecule has 0 saturated carbocycles. The second-order valence-electron chi connectivity index (χ2n) is 2.24. The number of imidazole rings is 2. The molecule has 5 heteroatoms. The van der Waals surface area contributed by atoms with E-state index in [0.29, 0.717) is 23.6 Å². The zero-order valence-corrected chi connectivity index (χ0v) is 6.11. The summed E-state index contributed by atoms with van der Waals surface area (Å²) in [4.78, 5) is 23.9. The molecule has 0 amide bonds. The van der Waals surface area contributed by atoms with Gasteiger partial charge >= 0.3 is 0 Å². The van der Waals surface area contributed by atoms with Gasteiger partial charge in [0.25, 0.3) is 0 Å². The topological polar surface area (TPSA) is 74.4 Å². The summed E-state index contributed by atoms with van der Waals surface area (Å²) in [5, 5.41) is 0. The zero-order valence-electron chi connectivity index (χ0n) is 6.11. The summed E-state index contributed by atoms with van der Waals surface area (Å²) in [5.41, 5.74) is 0.446. The average Bonchev–Trinajstić information content (AvgIpc) is 2.75. The van der Waals surface area contributed by atoms with Crippen LogP contribution in [0, 0.1) is 0 Å². The largest absolute Gasteiger partial charge is 0.342 e. The van der Waals surface area contributed by atoms with Crippen molar-refractivity contribution in [2.24, 2.45) is 0 Å². The summed E-state index contributed by atoms with van der Waals surface area (Å²) >= 11 is 0. The van der Waals surface area contributed by atoms with Crippen molar-refractivity contribution in [2.75, 3.05) is 0 Å². The second-order valence-corrected chi connectivity index (χ2v) is 2.24. The molecule has 0 saturated heterocycles. The molecule has 0 radical (unpaired) electrons. The van der Waals surface area contributed by atoms with E-state index < -0.39 is 0 Å². The van der Waals surface area contributed by atoms with Crippen LogP contribution in [0.25, 0.3) is 11.6 Å². The van der Waals surface area contributed by atoms with Gasteiger partial charge in [0, 0.05) is 12.4 Å². The van der Waals surface area contributed by atoms with Crippen molar-refractivity contribution in [1.82, 2.24) is 19.9 Å². The Hall–Kier alpha value is -1.91. The van der Waals surface area contributed by atoms with Crippen LogP contribution in [0.15, 0.2) is 18.6 Å². The summed E-state index contributed by atoms with van der Waals surface area (Å²) in [5.74, 6) is 1.20. The number of aromatic amines is 2. The van der Waals surface area contributed by atoms with Gasteiger partial charge in [-0.3, -0.25) is 4.79 Å². The van der Waals surface area contributed by atoms with Crippen LogP contribution >= 0.6 is 0 Å². The van der Waals surface area contributed by atoms with Crippen LogP contribution < -0.4 is 0 Å². The highest BCUT2D eigenvalue weighted by molar-refractivity contribution is 5.72. The Morgan fingerprint density at radius 1 is 1.33 bits per heavy atom. The average molecular weight is 162 g/mol. The van der Waals surface area contributed by atoms with Crippen LogP contribution in [0.4, 0.5) is 0 Å². The van der Waals surface area contributed by atoms with Crippen LogP contribution in [0.1, 0.15) is 10.5 Å². The molecule has 0 aliphatic heterocycles. The van der Waals surface area contributed by atoms with Crippen molar-refractivity contribution in [3.8, 4) is 11.6 Å². The van der Waals surface area contributed by atoms with Crippen LogP contribution in [0.2, 0.25) is 0 Å². The molecule has 0 aliphatic carbocycles. The Bertz CT molecular complexity index is 376. The third-order valence-corrected chi connectivity index (χ3v) is 1.44. The fourth-order valence-electron chi connectivity index (χ4n) is 0.910. The van der Waals surface area contributed by atoms with E-state index in [0.717, 1.165) is 0 Å². The Morgan fingerprint density at radius 2 is 2.25 bits per heavy atom. The molecule has 0 bridgehead atoms. The van der Waals surface area contributed by atoms with E-state index >= 15 is 0 Å². The normalized spacial score (nSPS) is 10.0. The van der Waals surface area contributed by atoms with Gasteiger partial charge in [-0.2, -0.15) is 0 Å². The number of aldehydes is 1. The minimum absolute atomic E-state index is 0.446. The Balaban J connectivity index is 2.41. The van der Waals surface area contributed by atoms with Crippen molar-refractivity contribution < 1.29 is 4.79 Å². The summed E-state index contributed by atoms with van der Waals surface area (Å²) in [6.45, 7) is 0. The third kappa shape index (κ3) is 1.01. The smallest absolute Gasteiger partial charge is 0.174 e. The molecule has 2 aromatic heterocycles. The number of H-pyrrole nitrogens is 2. The zero-order chi connectivity index (χ0) is 8.39. The molecule has 2 N–H and O–H groups in total. The summed E-state index contributed by atoms with van der Waals surface area (Å²) in [6, 6.07) is 0. The number of aromatic nitrogens is 4. The Labute approximate surface area is 67.9 Å². The van der Waals surface area contributed by atoms with E-state index in [9.17, 15) is 4.79 Å². The molecule has 0 spiro atoms. The lowest BCUT2D eigenvalue weighted by Gasteiger charge is -1.86. The van der Waals surface area contributed by atoms with E-state index in [1.54, 1.807) is 12.4 Å². The van der Waals surface area contributed by atoms with Gasteiger partial charge in [-0.25, -0.2) is 9.97 Å². The molecule has 5 nitrogen and oxygen atoms in total. The van der Waals surface area contributed by atoms with Gasteiger partial charge in [-0.05, 0) is 0 Å². The first-order valence-electron chi connectivity index (χ1n) is 3.40. The van der Waals surface area contributed by atoms with Crippen LogP contribution in [0.3, 0.4) is 0 Å². The fraction of sp³-hybridized carbons (Fsp3) is 0. The van der Waals surface area contributed by atoms with E-state index in [1.165, 1.54) is 6.20 Å². The first-order valence-corrected chi connectivity index (χ1v) is 3.40. The number of nitrogens with one attached hydrogen (secondary N) is 2. The molecule has 60 valence electrons. The van der Waals surface area contributed by atoms with Crippen molar-refractivity contribution in [1.29, 1.82) is 0 Å². The maximum atomic E-state index is 10.3. The van der Waals surface area contributed by atoms with Crippen molar-refractivity contribution in [3.63, 3.8) is 0 Å². The van der Waals surface area contributed by atoms with Gasteiger partial charge in [0.2, 0.25) is 0 Å². The third-order valence-electron chi connectivity index (χ3n) is 1.44. The molecule has 0 unspecified atom stereocenters. The van der Waals surface area contributed by atoms with Gasteiger partial charge in [-0.15, -0.1) is 0 Å². The van der Waals surface area contributed by atoms with E-state index in [4.69, 9.17) is 0 Å². The molecule has 0 aliphatic rings. The minimum atomic E-state index is 0.446. The number of nitrogens with zero attached hydrogens (tertiary/aromatic N) is 2. The second kappa shape index (κ2) is 2.61. The van der Waals surface area contributed by atoms with Crippen molar-refractivity contribution in [3.05, 3.63) is 24.3 Å². The van der Waals surface area contributed by atoms with Crippen molar-refractivity contribution >= 4 is 6.29 Å². The van der Waals surface area contributed by atoms with E-state index in [2.05, 4.69) is 19.9 Å². The van der Waals surface area contributed by atoms with Gasteiger partial charge in [0.15, 0.2) is 17.9 Å². The quantitative estimate of drug-likeness (QED) is 0.635. The lowest BCUT2D eigenvalue weighted by molar-refractivity contribution is 0.111. The SMILES string of the molecule is O=Cc1cnc(-c2ncc[nH]2)[nH]1. The maximum Gasteiger partial charge on any atom is 0.174 e. The first kappa shape index (κ1) is 6.78. The molecule has 2 rings (SSSR count). The van der Waals surface area contributed by atoms with Crippen molar-refractivity contribution in [2.45, 2.75) is 0 Å². The molecule has 2 heterocycles. The molecule has 0 aromatic carbocycles. The van der Waals surface area contributed by atoms with E-state index in [-0.39, 0.29) is 0 Å². The molecule has 0 atom stereocenters. The highest BCUT2D eigenvalue weighted by atomic mass is 16.1. The monoisotopic (exact) mass is 162 g/mol. The van der Waals surface area contributed by atoms with Gasteiger partial charge in [0.1, 0.15) is 0 Å². The predicted molar refractivity (Wildman–Crippen MR) is 41.6 cm³/mol. The lowest BCUT2D eigenvalue weighted by Crippen LogP contribution is -1.83.